The maximum absolute atomic E-state index is 8.94. The molecule has 3 atom stereocenters. The molecule has 0 saturated heterocycles. The Morgan fingerprint density at radius 2 is 1.50 bits per heavy atom. The lowest BCUT2D eigenvalue weighted by Gasteiger charge is -2.39. The summed E-state index contributed by atoms with van der Waals surface area (Å²) in [5.41, 5.74) is 2.38. The van der Waals surface area contributed by atoms with Gasteiger partial charge >= 0.3 is 0 Å². The summed E-state index contributed by atoms with van der Waals surface area (Å²) in [4.78, 5) is 0. The van der Waals surface area contributed by atoms with Gasteiger partial charge in [0, 0.05) is 32.8 Å². The summed E-state index contributed by atoms with van der Waals surface area (Å²) in [6.45, 7) is 0.528. The fourth-order valence-electron chi connectivity index (χ4n) is 4.82. The number of unbranched alkanes of at least 4 members (excludes halogenated alkanes) is 6. The Hall–Kier alpha value is -2.28. The number of hydrogen-bond acceptors (Lipinski definition) is 6. The van der Waals surface area contributed by atoms with E-state index in [1.165, 1.54) is 36.8 Å². The van der Waals surface area contributed by atoms with E-state index in [4.69, 9.17) is 28.8 Å². The van der Waals surface area contributed by atoms with Crippen LogP contribution in [-0.2, 0) is 9.47 Å². The molecule has 0 saturated carbocycles. The smallest absolute Gasteiger partial charge is 0.207 e. The van der Waals surface area contributed by atoms with Crippen molar-refractivity contribution in [1.29, 1.82) is 0 Å². The molecule has 1 aliphatic heterocycles. The van der Waals surface area contributed by atoms with Crippen molar-refractivity contribution in [3.8, 4) is 17.2 Å². The summed E-state index contributed by atoms with van der Waals surface area (Å²) in [6, 6.07) is 14.3. The minimum Gasteiger partial charge on any atom is -0.497 e. The van der Waals surface area contributed by atoms with E-state index < -0.39 is 0 Å². The van der Waals surface area contributed by atoms with Crippen LogP contribution in [0, 0.1) is 0 Å². The molecule has 2 aromatic carbocycles. The van der Waals surface area contributed by atoms with Crippen molar-refractivity contribution in [3.63, 3.8) is 0 Å². The average molecular weight is 473 g/mol. The van der Waals surface area contributed by atoms with Crippen LogP contribution >= 0.6 is 0 Å². The quantitative estimate of drug-likeness (QED) is 0.252. The van der Waals surface area contributed by atoms with E-state index in [9.17, 15) is 0 Å². The molecule has 1 heterocycles. The summed E-state index contributed by atoms with van der Waals surface area (Å²) in [6.07, 6.45) is 8.73. The molecule has 3 rings (SSSR count). The number of ether oxygens (including phenoxy) is 5. The minimum atomic E-state index is -0.381. The molecule has 6 nitrogen and oxygen atoms in total. The van der Waals surface area contributed by atoms with Crippen LogP contribution in [0.1, 0.15) is 74.3 Å². The first-order chi connectivity index (χ1) is 16.7. The Morgan fingerprint density at radius 1 is 0.824 bits per heavy atom. The van der Waals surface area contributed by atoms with E-state index in [0.717, 1.165) is 42.9 Å². The number of methoxy groups -OCH3 is 3. The Kier molecular flexibility index (Phi) is 11.0. The normalized spacial score (nSPS) is 19.4. The monoisotopic (exact) mass is 472 g/mol. The molecule has 0 fully saturated rings. The first kappa shape index (κ1) is 26.3. The van der Waals surface area contributed by atoms with Crippen molar-refractivity contribution < 1.29 is 28.8 Å². The summed E-state index contributed by atoms with van der Waals surface area (Å²) >= 11 is 0. The van der Waals surface area contributed by atoms with Crippen LogP contribution in [0.5, 0.6) is 17.2 Å². The van der Waals surface area contributed by atoms with Crippen molar-refractivity contribution in [2.24, 2.45) is 0 Å². The molecule has 0 radical (unpaired) electrons. The van der Waals surface area contributed by atoms with Gasteiger partial charge in [-0.3, -0.25) is 0 Å². The third-order valence-corrected chi connectivity index (χ3v) is 6.60. The first-order valence-corrected chi connectivity index (χ1v) is 12.4. The number of hydrogen-bond donors (Lipinski definition) is 1. The summed E-state index contributed by atoms with van der Waals surface area (Å²) < 4.78 is 28.2. The molecule has 1 aliphatic rings. The molecule has 0 aromatic heterocycles. The summed E-state index contributed by atoms with van der Waals surface area (Å²) in [5.74, 6) is 2.76. The molecule has 0 bridgehead atoms. The highest BCUT2D eigenvalue weighted by molar-refractivity contribution is 5.47. The predicted molar refractivity (Wildman–Crippen MR) is 133 cm³/mol. The third-order valence-electron chi connectivity index (χ3n) is 6.60. The van der Waals surface area contributed by atoms with Crippen molar-refractivity contribution in [2.75, 3.05) is 34.7 Å². The van der Waals surface area contributed by atoms with Crippen LogP contribution in [0.25, 0.3) is 0 Å². The van der Waals surface area contributed by atoms with Gasteiger partial charge in [-0.1, -0.05) is 56.7 Å². The number of rotatable bonds is 15. The zero-order valence-electron chi connectivity index (χ0n) is 20.8. The van der Waals surface area contributed by atoms with Gasteiger partial charge < -0.3 is 28.8 Å². The van der Waals surface area contributed by atoms with E-state index >= 15 is 0 Å². The second kappa shape index (κ2) is 14.2. The van der Waals surface area contributed by atoms with Gasteiger partial charge in [0.25, 0.3) is 0 Å². The average Bonchev–Trinajstić information content (AvgIpc) is 2.88. The second-order valence-corrected chi connectivity index (χ2v) is 8.87. The van der Waals surface area contributed by atoms with Gasteiger partial charge in [0.05, 0.1) is 13.0 Å². The first-order valence-electron chi connectivity index (χ1n) is 12.4. The highest BCUT2D eigenvalue weighted by Crippen LogP contribution is 2.49. The topological polar surface area (TPSA) is 66.4 Å². The fraction of sp³-hybridized carbons (Fsp3) is 0.571. The largest absolute Gasteiger partial charge is 0.497 e. The molecular formula is C28H40O6. The van der Waals surface area contributed by atoms with E-state index in [2.05, 4.69) is 18.2 Å². The van der Waals surface area contributed by atoms with Crippen molar-refractivity contribution >= 4 is 0 Å². The number of aliphatic hydroxyl groups is 1. The van der Waals surface area contributed by atoms with Crippen molar-refractivity contribution in [3.05, 3.63) is 53.6 Å². The molecule has 6 heteroatoms. The summed E-state index contributed by atoms with van der Waals surface area (Å²) in [5, 5.41) is 8.94. The van der Waals surface area contributed by atoms with Crippen LogP contribution in [0.15, 0.2) is 42.5 Å². The van der Waals surface area contributed by atoms with E-state index in [1.54, 1.807) is 21.3 Å². The third kappa shape index (κ3) is 7.11. The van der Waals surface area contributed by atoms with Gasteiger partial charge in [-0.25, -0.2) is 0 Å². The van der Waals surface area contributed by atoms with Gasteiger partial charge in [-0.2, -0.15) is 0 Å². The number of fused-ring (bicyclic) bond motifs is 1. The molecular weight excluding hydrogens is 432 g/mol. The Balaban J connectivity index is 1.76. The minimum absolute atomic E-state index is 0.0759. The maximum atomic E-state index is 8.94. The molecule has 188 valence electrons. The molecule has 1 N–H and O–H groups in total. The lowest BCUT2D eigenvalue weighted by atomic mass is 9.76. The lowest BCUT2D eigenvalue weighted by molar-refractivity contribution is -0.0878. The lowest BCUT2D eigenvalue weighted by Crippen LogP contribution is -2.36. The predicted octanol–water partition coefficient (Wildman–Crippen LogP) is 6.02. The molecule has 2 aromatic rings. The van der Waals surface area contributed by atoms with E-state index in [0.29, 0.717) is 6.61 Å². The zero-order valence-corrected chi connectivity index (χ0v) is 20.8. The highest BCUT2D eigenvalue weighted by Gasteiger charge is 2.39. The van der Waals surface area contributed by atoms with Crippen molar-refractivity contribution in [1.82, 2.24) is 0 Å². The molecule has 3 unspecified atom stereocenters. The Bertz CT molecular complexity index is 837. The molecule has 34 heavy (non-hydrogen) atoms. The SMILES string of the molecule is COCOc1ccc(C2C(OC)Oc3cc(OC)ccc3C2CCCCCCCCCO)cc1. The van der Waals surface area contributed by atoms with Crippen LogP contribution in [0.2, 0.25) is 0 Å². The van der Waals surface area contributed by atoms with Crippen LogP contribution in [0.4, 0.5) is 0 Å². The molecule has 0 amide bonds. The van der Waals surface area contributed by atoms with E-state index in [-0.39, 0.29) is 24.9 Å². The Morgan fingerprint density at radius 3 is 2.15 bits per heavy atom. The van der Waals surface area contributed by atoms with Crippen molar-refractivity contribution in [2.45, 2.75) is 69.5 Å². The maximum Gasteiger partial charge on any atom is 0.207 e. The van der Waals surface area contributed by atoms with Gasteiger partial charge in [0.2, 0.25) is 6.29 Å². The van der Waals surface area contributed by atoms with Crippen LogP contribution in [0.3, 0.4) is 0 Å². The second-order valence-electron chi connectivity index (χ2n) is 8.87. The van der Waals surface area contributed by atoms with Gasteiger partial charge in [-0.05, 0) is 42.2 Å². The summed E-state index contributed by atoms with van der Waals surface area (Å²) in [7, 11) is 5.00. The highest BCUT2D eigenvalue weighted by atomic mass is 16.7. The Labute approximate surface area is 204 Å². The van der Waals surface area contributed by atoms with Gasteiger partial charge in [0.15, 0.2) is 6.79 Å². The number of benzene rings is 2. The molecule has 0 spiro atoms. The van der Waals surface area contributed by atoms with Gasteiger partial charge in [-0.15, -0.1) is 0 Å². The van der Waals surface area contributed by atoms with E-state index in [1.807, 2.05) is 24.3 Å². The molecule has 0 aliphatic carbocycles. The van der Waals surface area contributed by atoms with Crippen LogP contribution < -0.4 is 14.2 Å². The zero-order chi connectivity index (χ0) is 24.2. The number of aliphatic hydroxyl groups excluding tert-OH is 1. The fourth-order valence-corrected chi connectivity index (χ4v) is 4.82. The van der Waals surface area contributed by atoms with Crippen LogP contribution in [-0.4, -0.2) is 46.1 Å². The standard InChI is InChI=1S/C28H40O6/c1-30-20-33-22-14-12-21(13-15-22)27-25(11-9-7-5-4-6-8-10-18-29)24-17-16-23(31-2)19-26(24)34-28(27)32-3/h12-17,19,25,27-29H,4-11,18,20H2,1-3H3. The van der Waals surface area contributed by atoms with Gasteiger partial charge in [0.1, 0.15) is 17.2 Å².